The molecule has 0 saturated heterocycles. The molecule has 1 atom stereocenters. The van der Waals surface area contributed by atoms with E-state index in [1.165, 1.54) is 26.0 Å². The number of hydrogen-bond donors (Lipinski definition) is 1. The molecule has 158 valence electrons. The zero-order valence-electron chi connectivity index (χ0n) is 16.6. The normalized spacial score (nSPS) is 12.7. The molecular formula is C20H24O8S. The summed E-state index contributed by atoms with van der Waals surface area (Å²) in [6.07, 6.45) is 0.933. The predicted molar refractivity (Wildman–Crippen MR) is 106 cm³/mol. The summed E-state index contributed by atoms with van der Waals surface area (Å²) in [5.41, 5.74) is -1.34. The summed E-state index contributed by atoms with van der Waals surface area (Å²) >= 11 is 0. The van der Waals surface area contributed by atoms with E-state index < -0.39 is 28.0 Å². The highest BCUT2D eigenvalue weighted by molar-refractivity contribution is 7.86. The molecule has 8 nitrogen and oxygen atoms in total. The number of ether oxygens (including phenoxy) is 3. The lowest BCUT2D eigenvalue weighted by Gasteiger charge is -2.22. The second-order valence-corrected chi connectivity index (χ2v) is 8.30. The molecule has 0 aromatic heterocycles. The van der Waals surface area contributed by atoms with Crippen molar-refractivity contribution in [3.8, 4) is 23.0 Å². The third-order valence-electron chi connectivity index (χ3n) is 3.65. The van der Waals surface area contributed by atoms with Crippen molar-refractivity contribution < 1.29 is 36.7 Å². The van der Waals surface area contributed by atoms with Crippen molar-refractivity contribution in [3.05, 3.63) is 48.5 Å². The van der Waals surface area contributed by atoms with Crippen LogP contribution in [0.1, 0.15) is 27.2 Å². The first-order valence-corrected chi connectivity index (χ1v) is 10.7. The summed E-state index contributed by atoms with van der Waals surface area (Å²) in [7, 11) is -3.59. The van der Waals surface area contributed by atoms with Crippen molar-refractivity contribution in [1.82, 2.24) is 0 Å². The molecule has 1 unspecified atom stereocenters. The maximum atomic E-state index is 11.1. The zero-order chi connectivity index (χ0) is 21.7. The topological polar surface area (TPSA) is 108 Å². The van der Waals surface area contributed by atoms with Crippen LogP contribution in [-0.4, -0.2) is 37.6 Å². The first kappa shape index (κ1) is 22.4. The van der Waals surface area contributed by atoms with Crippen LogP contribution in [0.5, 0.6) is 23.0 Å². The van der Waals surface area contributed by atoms with Crippen molar-refractivity contribution in [1.29, 1.82) is 0 Å². The van der Waals surface area contributed by atoms with Crippen LogP contribution in [0, 0.1) is 0 Å². The largest absolute Gasteiger partial charge is 0.478 e. The molecule has 2 aromatic rings. The maximum Gasteiger partial charge on any atom is 0.347 e. The molecule has 9 heteroatoms. The van der Waals surface area contributed by atoms with Gasteiger partial charge in [-0.2, -0.15) is 8.42 Å². The van der Waals surface area contributed by atoms with Gasteiger partial charge in [0.2, 0.25) is 6.29 Å². The molecule has 0 bridgehead atoms. The highest BCUT2D eigenvalue weighted by Crippen LogP contribution is 2.25. The van der Waals surface area contributed by atoms with E-state index in [1.54, 1.807) is 36.4 Å². The average Bonchev–Trinajstić information content (AvgIpc) is 2.62. The summed E-state index contributed by atoms with van der Waals surface area (Å²) < 4.78 is 44.0. The number of carboxylic acids is 1. The number of carboxylic acid groups (broad SMARTS) is 1. The summed E-state index contributed by atoms with van der Waals surface area (Å²) in [5, 5.41) is 9.12. The van der Waals surface area contributed by atoms with E-state index in [-0.39, 0.29) is 5.75 Å². The molecule has 29 heavy (non-hydrogen) atoms. The number of carbonyl (C=O) groups is 1. The number of benzene rings is 2. The minimum Gasteiger partial charge on any atom is -0.478 e. The Labute approximate surface area is 170 Å². The van der Waals surface area contributed by atoms with E-state index >= 15 is 0 Å². The summed E-state index contributed by atoms with van der Waals surface area (Å²) in [4.78, 5) is 11.1. The van der Waals surface area contributed by atoms with Crippen molar-refractivity contribution >= 4 is 16.1 Å². The Kier molecular flexibility index (Phi) is 6.97. The third kappa shape index (κ3) is 7.19. The number of hydrogen-bond acceptors (Lipinski definition) is 7. The monoisotopic (exact) mass is 424 g/mol. The Hall–Kier alpha value is -2.94. The third-order valence-corrected chi connectivity index (χ3v) is 4.15. The molecule has 2 rings (SSSR count). The van der Waals surface area contributed by atoms with E-state index in [4.69, 9.17) is 23.5 Å². The molecule has 0 amide bonds. The predicted octanol–water partition coefficient (Wildman–Crippen LogP) is 3.46. The van der Waals surface area contributed by atoms with Gasteiger partial charge in [0.05, 0.1) is 6.26 Å². The molecule has 2 aromatic carbocycles. The molecule has 0 radical (unpaired) electrons. The summed E-state index contributed by atoms with van der Waals surface area (Å²) in [6.45, 7) is 4.82. The van der Waals surface area contributed by atoms with Crippen LogP contribution < -0.4 is 18.4 Å². The fourth-order valence-corrected chi connectivity index (χ4v) is 2.63. The van der Waals surface area contributed by atoms with Gasteiger partial charge in [-0.25, -0.2) is 4.79 Å². The van der Waals surface area contributed by atoms with Crippen molar-refractivity contribution in [2.75, 3.05) is 6.26 Å². The molecule has 0 fully saturated rings. The number of rotatable bonds is 10. The zero-order valence-corrected chi connectivity index (χ0v) is 17.4. The van der Waals surface area contributed by atoms with Crippen molar-refractivity contribution in [3.63, 3.8) is 0 Å². The lowest BCUT2D eigenvalue weighted by molar-refractivity contribution is -0.152. The average molecular weight is 424 g/mol. The van der Waals surface area contributed by atoms with E-state index in [9.17, 15) is 13.2 Å². The van der Waals surface area contributed by atoms with Gasteiger partial charge in [-0.3, -0.25) is 0 Å². The van der Waals surface area contributed by atoms with Gasteiger partial charge in [-0.1, -0.05) is 6.92 Å². The van der Waals surface area contributed by atoms with Crippen molar-refractivity contribution in [2.24, 2.45) is 0 Å². The van der Waals surface area contributed by atoms with Crippen LogP contribution in [0.3, 0.4) is 0 Å². The minimum atomic E-state index is -3.59. The molecule has 0 aliphatic rings. The van der Waals surface area contributed by atoms with Gasteiger partial charge in [0.25, 0.3) is 0 Å². The van der Waals surface area contributed by atoms with Crippen LogP contribution in [0.2, 0.25) is 0 Å². The molecule has 0 spiro atoms. The Balaban J connectivity index is 1.98. The minimum absolute atomic E-state index is 0.189. The summed E-state index contributed by atoms with van der Waals surface area (Å²) in [6, 6.07) is 12.7. The first-order valence-electron chi connectivity index (χ1n) is 8.84. The Morgan fingerprint density at radius 3 is 1.72 bits per heavy atom. The van der Waals surface area contributed by atoms with Gasteiger partial charge in [-0.05, 0) is 62.4 Å². The van der Waals surface area contributed by atoms with Gasteiger partial charge in [0, 0.05) is 6.42 Å². The van der Waals surface area contributed by atoms with E-state index in [2.05, 4.69) is 0 Å². The van der Waals surface area contributed by atoms with Crippen LogP contribution >= 0.6 is 0 Å². The molecule has 0 heterocycles. The van der Waals surface area contributed by atoms with Crippen LogP contribution in [0.4, 0.5) is 0 Å². The number of aliphatic carboxylic acids is 1. The summed E-state index contributed by atoms with van der Waals surface area (Å²) in [5.74, 6) is 0.536. The van der Waals surface area contributed by atoms with Crippen LogP contribution in [0.15, 0.2) is 48.5 Å². The Morgan fingerprint density at radius 1 is 0.931 bits per heavy atom. The van der Waals surface area contributed by atoms with Crippen LogP contribution in [-0.2, 0) is 14.9 Å². The fraction of sp³-hybridized carbons (Fsp3) is 0.350. The fourth-order valence-electron chi connectivity index (χ4n) is 2.17. The van der Waals surface area contributed by atoms with E-state index in [0.29, 0.717) is 23.7 Å². The highest BCUT2D eigenvalue weighted by atomic mass is 32.2. The van der Waals surface area contributed by atoms with E-state index in [0.717, 1.165) is 6.26 Å². The second-order valence-electron chi connectivity index (χ2n) is 6.72. The lowest BCUT2D eigenvalue weighted by atomic mass is 10.1. The molecular weight excluding hydrogens is 400 g/mol. The van der Waals surface area contributed by atoms with Crippen molar-refractivity contribution in [2.45, 2.75) is 39.1 Å². The van der Waals surface area contributed by atoms with Gasteiger partial charge < -0.3 is 23.5 Å². The van der Waals surface area contributed by atoms with Gasteiger partial charge in [0.1, 0.15) is 23.0 Å². The SMILES string of the molecule is CCC(Oc1ccc(OC(C)(C)C(=O)O)cc1)Oc1ccc(OS(C)(=O)=O)cc1. The van der Waals surface area contributed by atoms with Gasteiger partial charge >= 0.3 is 16.1 Å². The quantitative estimate of drug-likeness (QED) is 0.456. The molecule has 0 saturated carbocycles. The smallest absolute Gasteiger partial charge is 0.347 e. The highest BCUT2D eigenvalue weighted by Gasteiger charge is 2.29. The maximum absolute atomic E-state index is 11.1. The lowest BCUT2D eigenvalue weighted by Crippen LogP contribution is -2.37. The Morgan fingerprint density at radius 2 is 1.34 bits per heavy atom. The van der Waals surface area contributed by atoms with E-state index in [1.807, 2.05) is 6.92 Å². The first-order chi connectivity index (χ1) is 13.5. The Bertz CT molecular complexity index is 918. The van der Waals surface area contributed by atoms with Gasteiger partial charge in [-0.15, -0.1) is 0 Å². The van der Waals surface area contributed by atoms with Crippen LogP contribution in [0.25, 0.3) is 0 Å². The standard InChI is InChI=1S/C20H24O8S/c1-5-18(26-15-8-12-17(13-9-15)28-29(4,23)24)25-14-6-10-16(11-7-14)27-20(2,3)19(21)22/h6-13,18H,5H2,1-4H3,(H,21,22). The molecule has 0 aliphatic heterocycles. The molecule has 0 aliphatic carbocycles. The molecule has 1 N–H and O–H groups in total. The van der Waals surface area contributed by atoms with Gasteiger partial charge in [0.15, 0.2) is 5.60 Å². The second kappa shape index (κ2) is 9.04.